The molecule has 0 saturated heterocycles. The maximum absolute atomic E-state index is 11.7. The van der Waals surface area contributed by atoms with Gasteiger partial charge in [0.15, 0.2) is 9.84 Å². The highest BCUT2D eigenvalue weighted by molar-refractivity contribution is 7.90. The second-order valence-corrected chi connectivity index (χ2v) is 6.76. The predicted octanol–water partition coefficient (Wildman–Crippen LogP) is 1.85. The first kappa shape index (κ1) is 16.0. The fraction of sp³-hybridized carbons (Fsp3) is 0.200. The lowest BCUT2D eigenvalue weighted by molar-refractivity contribution is 0.252. The fourth-order valence-electron chi connectivity index (χ4n) is 1.81. The molecule has 0 unspecified atom stereocenters. The Bertz CT molecular complexity index is 728. The lowest BCUT2D eigenvalue weighted by Gasteiger charge is -2.08. The van der Waals surface area contributed by atoms with E-state index in [1.807, 2.05) is 18.2 Å². The van der Waals surface area contributed by atoms with Gasteiger partial charge in [0.05, 0.1) is 4.90 Å². The lowest BCUT2D eigenvalue weighted by Crippen LogP contribution is -2.30. The molecule has 0 radical (unpaired) electrons. The van der Waals surface area contributed by atoms with Gasteiger partial charge in [0.2, 0.25) is 0 Å². The van der Waals surface area contributed by atoms with Crippen molar-refractivity contribution in [1.82, 2.24) is 10.3 Å². The molecule has 0 saturated carbocycles. The van der Waals surface area contributed by atoms with Gasteiger partial charge in [0.25, 0.3) is 0 Å². The van der Waals surface area contributed by atoms with Crippen molar-refractivity contribution in [3.8, 4) is 0 Å². The normalized spacial score (nSPS) is 11.0. The largest absolute Gasteiger partial charge is 0.337 e. The van der Waals surface area contributed by atoms with Crippen LogP contribution in [0.3, 0.4) is 0 Å². The van der Waals surface area contributed by atoms with Gasteiger partial charge >= 0.3 is 6.03 Å². The monoisotopic (exact) mass is 319 g/mol. The van der Waals surface area contributed by atoms with Crippen LogP contribution in [0.15, 0.2) is 53.6 Å². The summed E-state index contributed by atoms with van der Waals surface area (Å²) in [5.41, 5.74) is 1.43. The number of aromatic nitrogens is 1. The first-order chi connectivity index (χ1) is 10.4. The summed E-state index contributed by atoms with van der Waals surface area (Å²) in [6, 6.07) is 11.3. The zero-order valence-corrected chi connectivity index (χ0v) is 12.9. The summed E-state index contributed by atoms with van der Waals surface area (Å²) in [6.45, 7) is 0.463. The third-order valence-corrected chi connectivity index (χ3v) is 4.06. The van der Waals surface area contributed by atoms with Crippen LogP contribution in [0, 0.1) is 0 Å². The van der Waals surface area contributed by atoms with Crippen LogP contribution < -0.4 is 10.6 Å². The van der Waals surface area contributed by atoms with E-state index in [0.717, 1.165) is 11.9 Å². The predicted molar refractivity (Wildman–Crippen MR) is 84.5 cm³/mol. The van der Waals surface area contributed by atoms with E-state index < -0.39 is 9.84 Å². The summed E-state index contributed by atoms with van der Waals surface area (Å²) >= 11 is 0. The minimum Gasteiger partial charge on any atom is -0.337 e. The van der Waals surface area contributed by atoms with E-state index in [0.29, 0.717) is 18.7 Å². The van der Waals surface area contributed by atoms with Gasteiger partial charge in [-0.2, -0.15) is 0 Å². The molecule has 6 nitrogen and oxygen atoms in total. The molecule has 22 heavy (non-hydrogen) atoms. The molecule has 0 atom stereocenters. The lowest BCUT2D eigenvalue weighted by atomic mass is 10.3. The molecule has 1 aromatic heterocycles. The Morgan fingerprint density at radius 2 is 1.86 bits per heavy atom. The highest BCUT2D eigenvalue weighted by Gasteiger charge is 2.07. The van der Waals surface area contributed by atoms with Crippen LogP contribution in [0.5, 0.6) is 0 Å². The first-order valence-electron chi connectivity index (χ1n) is 6.70. The Hall–Kier alpha value is -2.41. The molecule has 2 rings (SSSR count). The quantitative estimate of drug-likeness (QED) is 0.880. The molecule has 1 aromatic carbocycles. The summed E-state index contributed by atoms with van der Waals surface area (Å²) in [7, 11) is -3.23. The van der Waals surface area contributed by atoms with Gasteiger partial charge < -0.3 is 10.6 Å². The SMILES string of the molecule is CS(=O)(=O)c1ccc(NC(=O)NCCc2ccccn2)cc1. The Morgan fingerprint density at radius 1 is 1.14 bits per heavy atom. The van der Waals surface area contributed by atoms with E-state index >= 15 is 0 Å². The summed E-state index contributed by atoms with van der Waals surface area (Å²) < 4.78 is 22.7. The topological polar surface area (TPSA) is 88.2 Å². The summed E-state index contributed by atoms with van der Waals surface area (Å²) in [5.74, 6) is 0. The Balaban J connectivity index is 1.82. The molecular weight excluding hydrogens is 302 g/mol. The molecule has 0 aliphatic rings. The number of amides is 2. The number of nitrogens with one attached hydrogen (secondary N) is 2. The van der Waals surface area contributed by atoms with Crippen LogP contribution in [0.25, 0.3) is 0 Å². The van der Waals surface area contributed by atoms with Crippen molar-refractivity contribution in [3.05, 3.63) is 54.4 Å². The number of urea groups is 1. The van der Waals surface area contributed by atoms with E-state index in [9.17, 15) is 13.2 Å². The molecule has 1 heterocycles. The van der Waals surface area contributed by atoms with E-state index in [1.54, 1.807) is 18.3 Å². The van der Waals surface area contributed by atoms with Gasteiger partial charge in [0.1, 0.15) is 0 Å². The van der Waals surface area contributed by atoms with Crippen molar-refractivity contribution >= 4 is 21.6 Å². The summed E-state index contributed by atoms with van der Waals surface area (Å²) in [6.07, 6.45) is 3.49. The maximum Gasteiger partial charge on any atom is 0.319 e. The number of benzene rings is 1. The summed E-state index contributed by atoms with van der Waals surface area (Å²) in [4.78, 5) is 16.1. The molecule has 2 amide bonds. The minimum absolute atomic E-state index is 0.216. The number of pyridine rings is 1. The molecule has 0 bridgehead atoms. The van der Waals surface area contributed by atoms with Gasteiger partial charge in [0, 0.05) is 36.8 Å². The zero-order valence-electron chi connectivity index (χ0n) is 12.1. The van der Waals surface area contributed by atoms with Crippen molar-refractivity contribution in [2.75, 3.05) is 18.1 Å². The number of hydrogen-bond donors (Lipinski definition) is 2. The van der Waals surface area contributed by atoms with Crippen LogP contribution >= 0.6 is 0 Å². The number of carbonyl (C=O) groups excluding carboxylic acids is 1. The van der Waals surface area contributed by atoms with E-state index in [4.69, 9.17) is 0 Å². The zero-order chi connectivity index (χ0) is 16.0. The highest BCUT2D eigenvalue weighted by Crippen LogP contribution is 2.13. The van der Waals surface area contributed by atoms with Crippen LogP contribution in [-0.2, 0) is 16.3 Å². The molecule has 7 heteroatoms. The van der Waals surface area contributed by atoms with Crippen molar-refractivity contribution in [1.29, 1.82) is 0 Å². The smallest absolute Gasteiger partial charge is 0.319 e. The van der Waals surface area contributed by atoms with Gasteiger partial charge in [-0.1, -0.05) is 6.07 Å². The number of sulfone groups is 1. The molecule has 0 aliphatic heterocycles. The maximum atomic E-state index is 11.7. The highest BCUT2D eigenvalue weighted by atomic mass is 32.2. The average molecular weight is 319 g/mol. The van der Waals surface area contributed by atoms with Crippen molar-refractivity contribution < 1.29 is 13.2 Å². The van der Waals surface area contributed by atoms with Gasteiger partial charge in [-0.15, -0.1) is 0 Å². The molecule has 2 aromatic rings. The number of rotatable bonds is 5. The van der Waals surface area contributed by atoms with Gasteiger partial charge in [-0.3, -0.25) is 4.98 Å². The van der Waals surface area contributed by atoms with E-state index in [1.165, 1.54) is 12.1 Å². The van der Waals surface area contributed by atoms with Crippen molar-refractivity contribution in [3.63, 3.8) is 0 Å². The Kier molecular flexibility index (Phi) is 5.11. The molecule has 2 N–H and O–H groups in total. The van der Waals surface area contributed by atoms with Crippen LogP contribution in [-0.4, -0.2) is 32.2 Å². The van der Waals surface area contributed by atoms with E-state index in [2.05, 4.69) is 15.6 Å². The molecule has 116 valence electrons. The minimum atomic E-state index is -3.23. The van der Waals surface area contributed by atoms with Gasteiger partial charge in [-0.05, 0) is 36.4 Å². The summed E-state index contributed by atoms with van der Waals surface area (Å²) in [5, 5.41) is 5.36. The van der Waals surface area contributed by atoms with Gasteiger partial charge in [-0.25, -0.2) is 13.2 Å². The Labute approximate surface area is 129 Å². The van der Waals surface area contributed by atoms with Crippen LogP contribution in [0.1, 0.15) is 5.69 Å². The number of nitrogens with zero attached hydrogens (tertiary/aromatic N) is 1. The third-order valence-electron chi connectivity index (χ3n) is 2.93. The standard InChI is InChI=1S/C15H17N3O3S/c1-22(20,21)14-7-5-13(6-8-14)18-15(19)17-11-9-12-4-2-3-10-16-12/h2-8,10H,9,11H2,1H3,(H2,17,18,19). The number of carbonyl (C=O) groups is 1. The van der Waals surface area contributed by atoms with Crippen LogP contribution in [0.2, 0.25) is 0 Å². The average Bonchev–Trinajstić information content (AvgIpc) is 2.48. The molecular formula is C15H17N3O3S. The first-order valence-corrected chi connectivity index (χ1v) is 8.59. The van der Waals surface area contributed by atoms with E-state index in [-0.39, 0.29) is 10.9 Å². The number of hydrogen-bond acceptors (Lipinski definition) is 4. The third kappa shape index (κ3) is 4.85. The van der Waals surface area contributed by atoms with Crippen molar-refractivity contribution in [2.24, 2.45) is 0 Å². The molecule has 0 aliphatic carbocycles. The molecule has 0 fully saturated rings. The molecule has 0 spiro atoms. The fourth-order valence-corrected chi connectivity index (χ4v) is 2.44. The second kappa shape index (κ2) is 7.04. The second-order valence-electron chi connectivity index (χ2n) is 4.75. The van der Waals surface area contributed by atoms with Crippen LogP contribution in [0.4, 0.5) is 10.5 Å². The number of anilines is 1. The van der Waals surface area contributed by atoms with Crippen molar-refractivity contribution in [2.45, 2.75) is 11.3 Å². The Morgan fingerprint density at radius 3 is 2.45 bits per heavy atom.